The molecule has 5 rings (SSSR count). The number of fused-ring (bicyclic) bond motifs is 1. The van der Waals surface area contributed by atoms with Crippen molar-refractivity contribution in [2.45, 2.75) is 13.0 Å². The molecule has 178 valence electrons. The molecule has 5 aromatic rings. The number of pyridine rings is 3. The fourth-order valence-corrected chi connectivity index (χ4v) is 4.31. The number of hydrogen-bond donors (Lipinski definition) is 1. The van der Waals surface area contributed by atoms with Crippen LogP contribution in [-0.2, 0) is 17.7 Å². The van der Waals surface area contributed by atoms with Gasteiger partial charge in [-0.15, -0.1) is 0 Å². The van der Waals surface area contributed by atoms with Gasteiger partial charge < -0.3 is 14.4 Å². The van der Waals surface area contributed by atoms with E-state index in [1.165, 1.54) is 7.11 Å². The maximum absolute atomic E-state index is 13.9. The number of rotatable bonds is 6. The topological polar surface area (TPSA) is 94.3 Å². The van der Waals surface area contributed by atoms with E-state index in [0.29, 0.717) is 46.3 Å². The Morgan fingerprint density at radius 1 is 0.972 bits per heavy atom. The zero-order valence-electron chi connectivity index (χ0n) is 19.6. The van der Waals surface area contributed by atoms with E-state index in [1.54, 1.807) is 35.2 Å². The Labute approximate surface area is 207 Å². The lowest BCUT2D eigenvalue weighted by Crippen LogP contribution is -2.24. The lowest BCUT2D eigenvalue weighted by Gasteiger charge is -2.18. The normalized spacial score (nSPS) is 10.9. The Bertz CT molecular complexity index is 1600. The molecule has 0 saturated heterocycles. The highest BCUT2D eigenvalue weighted by Crippen LogP contribution is 2.36. The van der Waals surface area contributed by atoms with Gasteiger partial charge in [0.2, 0.25) is 0 Å². The highest BCUT2D eigenvalue weighted by molar-refractivity contribution is 6.04. The third-order valence-electron chi connectivity index (χ3n) is 6.08. The van der Waals surface area contributed by atoms with Gasteiger partial charge in [-0.05, 0) is 35.7 Å². The number of hydrogen-bond acceptors (Lipinski definition) is 6. The molecule has 0 aliphatic carbocycles. The molecule has 0 fully saturated rings. The van der Waals surface area contributed by atoms with Gasteiger partial charge in [0, 0.05) is 35.5 Å². The smallest absolute Gasteiger partial charge is 0.360 e. The van der Waals surface area contributed by atoms with Crippen LogP contribution in [0.5, 0.6) is 5.75 Å². The van der Waals surface area contributed by atoms with E-state index in [1.807, 2.05) is 60.7 Å². The summed E-state index contributed by atoms with van der Waals surface area (Å²) in [5, 5.41) is 11.5. The van der Waals surface area contributed by atoms with Crippen molar-refractivity contribution < 1.29 is 14.6 Å². The molecule has 2 aromatic carbocycles. The van der Waals surface area contributed by atoms with Crippen molar-refractivity contribution in [2.75, 3.05) is 7.11 Å². The third-order valence-corrected chi connectivity index (χ3v) is 6.08. The molecule has 0 radical (unpaired) electrons. The van der Waals surface area contributed by atoms with Crippen molar-refractivity contribution in [1.82, 2.24) is 14.5 Å². The summed E-state index contributed by atoms with van der Waals surface area (Å²) in [4.78, 5) is 35.1. The third kappa shape index (κ3) is 4.22. The molecule has 0 unspecified atom stereocenters. The minimum Gasteiger partial charge on any atom is -0.505 e. The van der Waals surface area contributed by atoms with Crippen LogP contribution in [0.25, 0.3) is 33.3 Å². The number of carbonyl (C=O) groups is 1. The van der Waals surface area contributed by atoms with Crippen molar-refractivity contribution in [2.24, 2.45) is 0 Å². The molecule has 0 saturated carbocycles. The van der Waals surface area contributed by atoms with E-state index in [-0.39, 0.29) is 17.0 Å². The van der Waals surface area contributed by atoms with Gasteiger partial charge in [0.15, 0.2) is 11.4 Å². The number of aromatic nitrogens is 3. The van der Waals surface area contributed by atoms with Crippen molar-refractivity contribution in [3.8, 4) is 28.1 Å². The van der Waals surface area contributed by atoms with Crippen LogP contribution in [0.15, 0.2) is 96.1 Å². The van der Waals surface area contributed by atoms with Gasteiger partial charge in [0.1, 0.15) is 0 Å². The number of aromatic hydroxyl groups is 1. The highest BCUT2D eigenvalue weighted by atomic mass is 16.5. The molecule has 0 bridgehead atoms. The second kappa shape index (κ2) is 9.84. The number of methoxy groups -OCH3 is 1. The maximum atomic E-state index is 13.9. The number of carbonyl (C=O) groups excluding carboxylic acids is 1. The summed E-state index contributed by atoms with van der Waals surface area (Å²) in [5.74, 6) is -1.11. The zero-order chi connectivity index (χ0) is 25.1. The summed E-state index contributed by atoms with van der Waals surface area (Å²) < 4.78 is 6.51. The Balaban J connectivity index is 1.86. The quantitative estimate of drug-likeness (QED) is 0.351. The fourth-order valence-electron chi connectivity index (χ4n) is 4.31. The van der Waals surface area contributed by atoms with Crippen LogP contribution in [0, 0.1) is 0 Å². The largest absolute Gasteiger partial charge is 0.505 e. The molecule has 36 heavy (non-hydrogen) atoms. The van der Waals surface area contributed by atoms with Crippen LogP contribution >= 0.6 is 0 Å². The molecule has 0 atom stereocenters. The molecule has 0 amide bonds. The predicted octanol–water partition coefficient (Wildman–Crippen LogP) is 4.86. The Kier molecular flexibility index (Phi) is 6.28. The van der Waals surface area contributed by atoms with Gasteiger partial charge in [-0.25, -0.2) is 9.78 Å². The molecule has 3 aromatic heterocycles. The van der Waals surface area contributed by atoms with Crippen molar-refractivity contribution in [1.29, 1.82) is 0 Å². The summed E-state index contributed by atoms with van der Waals surface area (Å²) in [5.41, 5.74) is 3.12. The number of aryl methyl sites for hydroxylation is 2. The van der Waals surface area contributed by atoms with Gasteiger partial charge in [0.05, 0.1) is 18.3 Å². The maximum Gasteiger partial charge on any atom is 0.360 e. The SMILES string of the molecule is COC(=O)c1nc(-c2cccnc2)c2c(cc(-c3ccccc3)c(=O)n2CCc2ccccc2)c1O. The van der Waals surface area contributed by atoms with E-state index < -0.39 is 5.97 Å². The number of ether oxygens (including phenoxy) is 1. The van der Waals surface area contributed by atoms with E-state index in [9.17, 15) is 14.7 Å². The Morgan fingerprint density at radius 2 is 1.67 bits per heavy atom. The highest BCUT2D eigenvalue weighted by Gasteiger charge is 2.25. The standard InChI is InChI=1S/C29H23N3O4/c1-36-29(35)25-27(33)23-17-22(20-11-6-3-7-12-20)28(34)32(16-14-19-9-4-2-5-10-19)26(23)24(31-25)21-13-8-15-30-18-21/h2-13,15,17-18,33H,14,16H2,1H3. The summed E-state index contributed by atoms with van der Waals surface area (Å²) in [6.07, 6.45) is 3.82. The monoisotopic (exact) mass is 477 g/mol. The average Bonchev–Trinajstić information content (AvgIpc) is 2.93. The lowest BCUT2D eigenvalue weighted by atomic mass is 10.0. The predicted molar refractivity (Wildman–Crippen MR) is 138 cm³/mol. The van der Waals surface area contributed by atoms with E-state index in [0.717, 1.165) is 5.56 Å². The molecule has 0 spiro atoms. The van der Waals surface area contributed by atoms with Crippen LogP contribution < -0.4 is 5.56 Å². The van der Waals surface area contributed by atoms with Gasteiger partial charge in [-0.3, -0.25) is 9.78 Å². The van der Waals surface area contributed by atoms with Crippen LogP contribution in [0.3, 0.4) is 0 Å². The molecule has 3 heterocycles. The van der Waals surface area contributed by atoms with Gasteiger partial charge in [-0.1, -0.05) is 60.7 Å². The van der Waals surface area contributed by atoms with Crippen LogP contribution in [-0.4, -0.2) is 32.7 Å². The van der Waals surface area contributed by atoms with Gasteiger partial charge in [-0.2, -0.15) is 0 Å². The van der Waals surface area contributed by atoms with Crippen LogP contribution in [0.1, 0.15) is 16.1 Å². The number of benzene rings is 2. The van der Waals surface area contributed by atoms with Crippen LogP contribution in [0.4, 0.5) is 0 Å². The first kappa shape index (κ1) is 23.0. The first-order valence-corrected chi connectivity index (χ1v) is 11.5. The Morgan fingerprint density at radius 3 is 2.33 bits per heavy atom. The molecule has 7 nitrogen and oxygen atoms in total. The van der Waals surface area contributed by atoms with E-state index >= 15 is 0 Å². The van der Waals surface area contributed by atoms with Crippen molar-refractivity contribution in [3.05, 3.63) is 113 Å². The van der Waals surface area contributed by atoms with Crippen molar-refractivity contribution in [3.63, 3.8) is 0 Å². The molecule has 0 aliphatic rings. The van der Waals surface area contributed by atoms with E-state index in [4.69, 9.17) is 4.74 Å². The summed E-state index contributed by atoms with van der Waals surface area (Å²) in [6, 6.07) is 24.3. The molecular formula is C29H23N3O4. The van der Waals surface area contributed by atoms with Gasteiger partial charge in [0.25, 0.3) is 5.56 Å². The molecule has 7 heteroatoms. The van der Waals surface area contributed by atoms with Gasteiger partial charge >= 0.3 is 5.97 Å². The Hall–Kier alpha value is -4.78. The molecule has 0 aliphatic heterocycles. The lowest BCUT2D eigenvalue weighted by molar-refractivity contribution is 0.0591. The first-order chi connectivity index (χ1) is 17.6. The minimum absolute atomic E-state index is 0.221. The summed E-state index contributed by atoms with van der Waals surface area (Å²) in [7, 11) is 1.23. The van der Waals surface area contributed by atoms with Crippen molar-refractivity contribution >= 4 is 16.9 Å². The minimum atomic E-state index is -0.775. The summed E-state index contributed by atoms with van der Waals surface area (Å²) in [6.45, 7) is 0.339. The number of nitrogens with zero attached hydrogens (tertiary/aromatic N) is 3. The first-order valence-electron chi connectivity index (χ1n) is 11.5. The summed E-state index contributed by atoms with van der Waals surface area (Å²) >= 11 is 0. The number of esters is 1. The average molecular weight is 478 g/mol. The van der Waals surface area contributed by atoms with Crippen LogP contribution in [0.2, 0.25) is 0 Å². The van der Waals surface area contributed by atoms with E-state index in [2.05, 4.69) is 9.97 Å². The molecular weight excluding hydrogens is 454 g/mol. The zero-order valence-corrected chi connectivity index (χ0v) is 19.6. The fraction of sp³-hybridized carbons (Fsp3) is 0.103. The molecule has 1 N–H and O–H groups in total. The second-order valence-corrected chi connectivity index (χ2v) is 8.27. The second-order valence-electron chi connectivity index (χ2n) is 8.27.